The van der Waals surface area contributed by atoms with Gasteiger partial charge in [0.2, 0.25) is 0 Å². The van der Waals surface area contributed by atoms with Gasteiger partial charge in [0.25, 0.3) is 0 Å². The molecule has 0 fully saturated rings. The summed E-state index contributed by atoms with van der Waals surface area (Å²) < 4.78 is 1.57. The minimum Gasteiger partial charge on any atom is -0.373 e. The second-order valence-electron chi connectivity index (χ2n) is 3.31. The van der Waals surface area contributed by atoms with Crippen molar-refractivity contribution in [2.75, 3.05) is 14.1 Å². The van der Waals surface area contributed by atoms with Gasteiger partial charge >= 0.3 is 0 Å². The number of nitrogens with one attached hydrogen (secondary N) is 1. The molecule has 1 aromatic rings. The highest BCUT2D eigenvalue weighted by atomic mass is 33.1. The first-order valence-corrected chi connectivity index (χ1v) is 7.95. The molecule has 0 saturated heterocycles. The van der Waals surface area contributed by atoms with Crippen LogP contribution in [-0.2, 0) is 6.54 Å². The zero-order valence-electron chi connectivity index (χ0n) is 9.67. The minimum absolute atomic E-state index is 0.741. The topological polar surface area (TPSA) is 15.3 Å². The summed E-state index contributed by atoms with van der Waals surface area (Å²) in [5, 5.41) is 2.90. The zero-order valence-corrected chi connectivity index (χ0v) is 12.9. The van der Waals surface area contributed by atoms with Gasteiger partial charge in [0.1, 0.15) is 8.64 Å². The van der Waals surface area contributed by atoms with Crippen LogP contribution >= 0.6 is 46.0 Å². The summed E-state index contributed by atoms with van der Waals surface area (Å²) in [7, 11) is 6.79. The average molecular weight is 303 g/mol. The van der Waals surface area contributed by atoms with E-state index in [-0.39, 0.29) is 0 Å². The molecule has 0 saturated carbocycles. The molecule has 1 aromatic carbocycles. The van der Waals surface area contributed by atoms with Gasteiger partial charge < -0.3 is 10.2 Å². The number of nitrogens with zero attached hydrogens (tertiary/aromatic N) is 1. The predicted octanol–water partition coefficient (Wildman–Crippen LogP) is 3.29. The highest BCUT2D eigenvalue weighted by molar-refractivity contribution is 8.89. The second-order valence-corrected chi connectivity index (χ2v) is 6.75. The number of thiocarbonyl (C=S) groups is 2. The molecule has 0 aliphatic rings. The number of hydrogen-bond donors (Lipinski definition) is 1. The monoisotopic (exact) mass is 302 g/mol. The normalized spacial score (nSPS) is 9.76. The number of hydrogen-bond acceptors (Lipinski definition) is 4. The fraction of sp³-hybridized carbons (Fsp3) is 0.273. The van der Waals surface area contributed by atoms with Crippen molar-refractivity contribution in [1.82, 2.24) is 10.2 Å². The Balaban J connectivity index is 2.40. The van der Waals surface area contributed by atoms with Crippen molar-refractivity contribution in [3.8, 4) is 0 Å². The van der Waals surface area contributed by atoms with Crippen LogP contribution in [0.3, 0.4) is 0 Å². The molecule has 0 spiro atoms. The van der Waals surface area contributed by atoms with E-state index in [9.17, 15) is 0 Å². The van der Waals surface area contributed by atoms with Crippen molar-refractivity contribution in [2.24, 2.45) is 0 Å². The Bertz CT molecular complexity index is 380. The quantitative estimate of drug-likeness (QED) is 0.661. The van der Waals surface area contributed by atoms with Crippen LogP contribution in [0.25, 0.3) is 0 Å². The molecule has 0 aliphatic carbocycles. The summed E-state index contributed by atoms with van der Waals surface area (Å²) in [5.41, 5.74) is 1.25. The Morgan fingerprint density at radius 3 is 2.47 bits per heavy atom. The maximum atomic E-state index is 5.32. The van der Waals surface area contributed by atoms with Crippen LogP contribution in [0.1, 0.15) is 5.56 Å². The minimum atomic E-state index is 0.741. The average Bonchev–Trinajstić information content (AvgIpc) is 2.36. The van der Waals surface area contributed by atoms with Gasteiger partial charge in [-0.05, 0) is 27.2 Å². The van der Waals surface area contributed by atoms with Gasteiger partial charge in [-0.15, -0.1) is 0 Å². The summed E-state index contributed by atoms with van der Waals surface area (Å²) in [6.45, 7) is 0.819. The molecule has 0 aromatic heterocycles. The van der Waals surface area contributed by atoms with E-state index in [1.165, 1.54) is 27.2 Å². The fourth-order valence-electron chi connectivity index (χ4n) is 1.10. The van der Waals surface area contributed by atoms with E-state index in [0.29, 0.717) is 0 Å². The van der Waals surface area contributed by atoms with E-state index in [4.69, 9.17) is 24.4 Å². The van der Waals surface area contributed by atoms with Gasteiger partial charge in [-0.25, -0.2) is 0 Å². The summed E-state index contributed by atoms with van der Waals surface area (Å²) in [6.07, 6.45) is 0. The summed E-state index contributed by atoms with van der Waals surface area (Å²) in [4.78, 5) is 2.04. The first-order chi connectivity index (χ1) is 8.13. The van der Waals surface area contributed by atoms with Gasteiger partial charge in [0, 0.05) is 20.6 Å². The van der Waals surface area contributed by atoms with Crippen LogP contribution in [0, 0.1) is 0 Å². The van der Waals surface area contributed by atoms with Gasteiger partial charge in [0.05, 0.1) is 0 Å². The molecule has 92 valence electrons. The van der Waals surface area contributed by atoms with Crippen LogP contribution < -0.4 is 5.32 Å². The number of benzene rings is 1. The Morgan fingerprint density at radius 2 is 1.88 bits per heavy atom. The van der Waals surface area contributed by atoms with Crippen molar-refractivity contribution in [2.45, 2.75) is 6.54 Å². The highest BCUT2D eigenvalue weighted by Crippen LogP contribution is 2.25. The van der Waals surface area contributed by atoms with Gasteiger partial charge in [-0.2, -0.15) is 0 Å². The van der Waals surface area contributed by atoms with E-state index in [1.807, 2.05) is 37.2 Å². The largest absolute Gasteiger partial charge is 0.373 e. The number of rotatable bonds is 2. The molecule has 0 aliphatic heterocycles. The van der Waals surface area contributed by atoms with Crippen molar-refractivity contribution < 1.29 is 0 Å². The molecule has 1 N–H and O–H groups in total. The Kier molecular flexibility index (Phi) is 6.87. The molecular formula is C11H14N2S4. The van der Waals surface area contributed by atoms with Crippen molar-refractivity contribution in [3.63, 3.8) is 0 Å². The molecule has 0 atom stereocenters. The molecule has 0 unspecified atom stereocenters. The molecule has 2 nitrogen and oxygen atoms in total. The van der Waals surface area contributed by atoms with Crippen LogP contribution in [-0.4, -0.2) is 27.6 Å². The lowest BCUT2D eigenvalue weighted by Crippen LogP contribution is -2.21. The Labute approximate surface area is 121 Å². The third-order valence-electron chi connectivity index (χ3n) is 1.97. The van der Waals surface area contributed by atoms with Crippen molar-refractivity contribution in [1.29, 1.82) is 0 Å². The lowest BCUT2D eigenvalue weighted by atomic mass is 10.2. The van der Waals surface area contributed by atoms with E-state index in [1.54, 1.807) is 0 Å². The molecule has 0 radical (unpaired) electrons. The fourth-order valence-corrected chi connectivity index (χ4v) is 3.27. The third kappa shape index (κ3) is 5.72. The Morgan fingerprint density at radius 1 is 1.24 bits per heavy atom. The van der Waals surface area contributed by atoms with Gasteiger partial charge in [-0.3, -0.25) is 0 Å². The smallest absolute Gasteiger partial charge is 0.147 e. The standard InChI is InChI=1S/C11H14N2S4/c1-12-10(14)16-17-11(15)13(2)8-9-6-4-3-5-7-9/h3-7H,8H2,1-2H3,(H,12,14). The van der Waals surface area contributed by atoms with Gasteiger partial charge in [0.15, 0.2) is 0 Å². The SMILES string of the molecule is CNC(=S)SSC(=S)N(C)Cc1ccccc1. The Hall–Kier alpha value is -0.300. The molecule has 6 heteroatoms. The lowest BCUT2D eigenvalue weighted by molar-refractivity contribution is 0.519. The second kappa shape index (κ2) is 7.92. The van der Waals surface area contributed by atoms with E-state index in [2.05, 4.69) is 17.4 Å². The molecule has 1 rings (SSSR count). The summed E-state index contributed by atoms with van der Waals surface area (Å²) in [6, 6.07) is 10.3. The first kappa shape index (κ1) is 14.8. The highest BCUT2D eigenvalue weighted by Gasteiger charge is 2.07. The maximum absolute atomic E-state index is 5.32. The molecule has 17 heavy (non-hydrogen) atoms. The zero-order chi connectivity index (χ0) is 12.7. The molecule has 0 amide bonds. The van der Waals surface area contributed by atoms with Crippen LogP contribution in [0.15, 0.2) is 30.3 Å². The van der Waals surface area contributed by atoms with E-state index >= 15 is 0 Å². The van der Waals surface area contributed by atoms with E-state index < -0.39 is 0 Å². The maximum Gasteiger partial charge on any atom is 0.147 e. The van der Waals surface area contributed by atoms with Crippen LogP contribution in [0.2, 0.25) is 0 Å². The third-order valence-corrected chi connectivity index (χ3v) is 5.73. The predicted molar refractivity (Wildman–Crippen MR) is 87.3 cm³/mol. The first-order valence-electron chi connectivity index (χ1n) is 4.98. The van der Waals surface area contributed by atoms with Gasteiger partial charge in [-0.1, -0.05) is 54.8 Å². The molecule has 0 bridgehead atoms. The summed E-state index contributed by atoms with van der Waals surface area (Å²) >= 11 is 10.4. The van der Waals surface area contributed by atoms with Crippen LogP contribution in [0.5, 0.6) is 0 Å². The lowest BCUT2D eigenvalue weighted by Gasteiger charge is -2.18. The van der Waals surface area contributed by atoms with Crippen molar-refractivity contribution >= 4 is 54.7 Å². The summed E-state index contributed by atoms with van der Waals surface area (Å²) in [5.74, 6) is 0. The molecular weight excluding hydrogens is 288 g/mol. The van der Waals surface area contributed by atoms with Crippen molar-refractivity contribution in [3.05, 3.63) is 35.9 Å². The molecule has 0 heterocycles. The van der Waals surface area contributed by atoms with E-state index in [0.717, 1.165) is 15.2 Å². The van der Waals surface area contributed by atoms with Crippen LogP contribution in [0.4, 0.5) is 0 Å².